The van der Waals surface area contributed by atoms with Crippen molar-refractivity contribution in [3.05, 3.63) is 35.0 Å². The number of carbonyl (C=O) groups excluding carboxylic acids is 2. The van der Waals surface area contributed by atoms with Crippen molar-refractivity contribution in [3.8, 4) is 0 Å². The van der Waals surface area contributed by atoms with Gasteiger partial charge in [0.2, 0.25) is 6.41 Å². The lowest BCUT2D eigenvalue weighted by atomic mass is 9.84. The fourth-order valence-electron chi connectivity index (χ4n) is 3.78. The second-order valence-electron chi connectivity index (χ2n) is 6.36. The van der Waals surface area contributed by atoms with Crippen LogP contribution >= 0.6 is 0 Å². The van der Waals surface area contributed by atoms with Gasteiger partial charge in [-0.1, -0.05) is 32.0 Å². The predicted molar refractivity (Wildman–Crippen MR) is 94.2 cm³/mol. The van der Waals surface area contributed by atoms with Gasteiger partial charge in [-0.25, -0.2) is 0 Å². The Morgan fingerprint density at radius 1 is 1.48 bits per heavy atom. The van der Waals surface area contributed by atoms with Crippen molar-refractivity contribution >= 4 is 23.3 Å². The molecule has 0 saturated carbocycles. The molecule has 1 aliphatic heterocycles. The summed E-state index contributed by atoms with van der Waals surface area (Å²) in [5, 5.41) is 3.91. The number of esters is 1. The second kappa shape index (κ2) is 6.88. The summed E-state index contributed by atoms with van der Waals surface area (Å²) in [5.74, 6) is -0.316. The van der Waals surface area contributed by atoms with Crippen LogP contribution in [-0.4, -0.2) is 31.1 Å². The van der Waals surface area contributed by atoms with Crippen molar-refractivity contribution in [2.45, 2.75) is 44.8 Å². The minimum atomic E-state index is -0.770. The van der Waals surface area contributed by atoms with Gasteiger partial charge in [0.05, 0.1) is 31.9 Å². The molecule has 1 aliphatic rings. The molecule has 1 amide bonds. The maximum absolute atomic E-state index is 12.0. The first-order chi connectivity index (χ1) is 12.1. The summed E-state index contributed by atoms with van der Waals surface area (Å²) in [6, 6.07) is 5.91. The topological polar surface area (TPSA) is 80.4 Å². The number of hydrogen-bond donors (Lipinski definition) is 2. The minimum absolute atomic E-state index is 0.134. The van der Waals surface area contributed by atoms with E-state index in [0.29, 0.717) is 19.4 Å². The molecule has 0 saturated heterocycles. The van der Waals surface area contributed by atoms with Crippen LogP contribution in [-0.2, 0) is 31.1 Å². The Balaban J connectivity index is 2.24. The number of H-pyrrole nitrogens is 1. The third-order valence-corrected chi connectivity index (χ3v) is 5.17. The maximum Gasteiger partial charge on any atom is 0.308 e. The first-order valence-corrected chi connectivity index (χ1v) is 8.64. The maximum atomic E-state index is 12.0. The van der Waals surface area contributed by atoms with E-state index in [1.807, 2.05) is 19.1 Å². The van der Waals surface area contributed by atoms with E-state index in [0.717, 1.165) is 28.6 Å². The van der Waals surface area contributed by atoms with Gasteiger partial charge in [0, 0.05) is 16.5 Å². The number of benzene rings is 1. The summed E-state index contributed by atoms with van der Waals surface area (Å²) >= 11 is 0. The Morgan fingerprint density at radius 2 is 2.28 bits per heavy atom. The third kappa shape index (κ3) is 2.80. The number of hydrogen-bond acceptors (Lipinski definition) is 4. The van der Waals surface area contributed by atoms with E-state index in [9.17, 15) is 9.59 Å². The lowest BCUT2D eigenvalue weighted by Crippen LogP contribution is -2.42. The van der Waals surface area contributed by atoms with Gasteiger partial charge < -0.3 is 19.8 Å². The van der Waals surface area contributed by atoms with Gasteiger partial charge >= 0.3 is 5.97 Å². The number of rotatable bonds is 6. The zero-order chi connectivity index (χ0) is 18.0. The molecule has 6 nitrogen and oxygen atoms in total. The monoisotopic (exact) mass is 344 g/mol. The zero-order valence-electron chi connectivity index (χ0n) is 14.8. The molecule has 25 heavy (non-hydrogen) atoms. The van der Waals surface area contributed by atoms with Crippen LogP contribution in [0.3, 0.4) is 0 Å². The summed E-state index contributed by atoms with van der Waals surface area (Å²) < 4.78 is 11.0. The first-order valence-electron chi connectivity index (χ1n) is 8.64. The van der Waals surface area contributed by atoms with Gasteiger partial charge in [0.15, 0.2) is 0 Å². The van der Waals surface area contributed by atoms with Gasteiger partial charge in [-0.2, -0.15) is 0 Å². The Bertz CT molecular complexity index is 798. The molecule has 1 aromatic heterocycles. The highest BCUT2D eigenvalue weighted by Gasteiger charge is 2.44. The first kappa shape index (κ1) is 17.5. The fraction of sp³-hybridized carbons (Fsp3) is 0.474. The standard InChI is InChI=1S/C19H24N2O4/c1-4-12-7-6-8-13-16-14(20-11-22)10-25-19(5-2,9-15(23)24-3)18(16)21-17(12)13/h6-8,11,14,21H,4-5,9-10H2,1-3H3,(H,20,22). The number of aromatic nitrogens is 1. The lowest BCUT2D eigenvalue weighted by molar-refractivity contribution is -0.153. The Labute approximate surface area is 146 Å². The highest BCUT2D eigenvalue weighted by atomic mass is 16.5. The molecule has 2 heterocycles. The van der Waals surface area contributed by atoms with Crippen molar-refractivity contribution in [2.75, 3.05) is 13.7 Å². The van der Waals surface area contributed by atoms with Crippen LogP contribution in [0.4, 0.5) is 0 Å². The van der Waals surface area contributed by atoms with Crippen molar-refractivity contribution in [3.63, 3.8) is 0 Å². The normalized spacial score (nSPS) is 22.4. The van der Waals surface area contributed by atoms with Gasteiger partial charge in [-0.15, -0.1) is 0 Å². The van der Waals surface area contributed by atoms with Gasteiger partial charge in [-0.05, 0) is 18.4 Å². The van der Waals surface area contributed by atoms with E-state index in [1.54, 1.807) is 0 Å². The highest BCUT2D eigenvalue weighted by Crippen LogP contribution is 2.45. The van der Waals surface area contributed by atoms with E-state index >= 15 is 0 Å². The number of amides is 1. The zero-order valence-corrected chi connectivity index (χ0v) is 14.8. The average Bonchev–Trinajstić information content (AvgIpc) is 3.04. The van der Waals surface area contributed by atoms with E-state index in [-0.39, 0.29) is 18.4 Å². The summed E-state index contributed by atoms with van der Waals surface area (Å²) in [5.41, 5.74) is 3.34. The molecule has 1 aromatic carbocycles. The van der Waals surface area contributed by atoms with Crippen LogP contribution in [0.1, 0.15) is 49.6 Å². The number of para-hydroxylation sites is 1. The van der Waals surface area contributed by atoms with E-state index in [4.69, 9.17) is 9.47 Å². The molecule has 2 atom stereocenters. The Hall–Kier alpha value is -2.34. The lowest BCUT2D eigenvalue weighted by Gasteiger charge is -2.39. The fourth-order valence-corrected chi connectivity index (χ4v) is 3.78. The number of carbonyl (C=O) groups is 2. The van der Waals surface area contributed by atoms with E-state index in [2.05, 4.69) is 23.3 Å². The van der Waals surface area contributed by atoms with Gasteiger partial charge in [-0.3, -0.25) is 9.59 Å². The number of fused-ring (bicyclic) bond motifs is 3. The molecule has 2 aromatic rings. The summed E-state index contributed by atoms with van der Waals surface area (Å²) in [6.07, 6.45) is 2.34. The predicted octanol–water partition coefficient (Wildman–Crippen LogP) is 2.72. The Morgan fingerprint density at radius 3 is 2.92 bits per heavy atom. The van der Waals surface area contributed by atoms with Gasteiger partial charge in [0.1, 0.15) is 5.60 Å². The van der Waals surface area contributed by atoms with Gasteiger partial charge in [0.25, 0.3) is 0 Å². The summed E-state index contributed by atoms with van der Waals surface area (Å²) in [7, 11) is 1.38. The van der Waals surface area contributed by atoms with E-state index in [1.165, 1.54) is 12.7 Å². The third-order valence-electron chi connectivity index (χ3n) is 5.17. The molecule has 0 radical (unpaired) electrons. The molecule has 0 fully saturated rings. The van der Waals surface area contributed by atoms with Crippen molar-refractivity contribution in [1.29, 1.82) is 0 Å². The second-order valence-corrected chi connectivity index (χ2v) is 6.36. The van der Waals surface area contributed by atoms with Crippen molar-refractivity contribution < 1.29 is 19.1 Å². The van der Waals surface area contributed by atoms with Crippen LogP contribution in [0, 0.1) is 0 Å². The quantitative estimate of drug-likeness (QED) is 0.624. The molecule has 0 aliphatic carbocycles. The molecule has 0 spiro atoms. The molecule has 3 rings (SSSR count). The Kier molecular flexibility index (Phi) is 4.81. The molecule has 134 valence electrons. The molecule has 2 N–H and O–H groups in total. The van der Waals surface area contributed by atoms with Crippen LogP contribution in [0.15, 0.2) is 18.2 Å². The molecule has 6 heteroatoms. The van der Waals surface area contributed by atoms with E-state index < -0.39 is 5.60 Å². The number of methoxy groups -OCH3 is 1. The van der Waals surface area contributed by atoms with Crippen molar-refractivity contribution in [1.82, 2.24) is 10.3 Å². The van der Waals surface area contributed by atoms with Crippen LogP contribution < -0.4 is 5.32 Å². The smallest absolute Gasteiger partial charge is 0.308 e. The van der Waals surface area contributed by atoms with Crippen LogP contribution in [0.25, 0.3) is 10.9 Å². The van der Waals surface area contributed by atoms with Crippen LogP contribution in [0.2, 0.25) is 0 Å². The number of aryl methyl sites for hydroxylation is 1. The summed E-state index contributed by atoms with van der Waals surface area (Å²) in [6.45, 7) is 4.42. The number of aromatic amines is 1. The average molecular weight is 344 g/mol. The van der Waals surface area contributed by atoms with Crippen molar-refractivity contribution in [2.24, 2.45) is 0 Å². The largest absolute Gasteiger partial charge is 0.469 e. The SMILES string of the molecule is CCc1cccc2c3c([nH]c12)C(CC)(CC(=O)OC)OCC3NC=O. The number of ether oxygens (including phenoxy) is 2. The molecular weight excluding hydrogens is 320 g/mol. The molecule has 2 unspecified atom stereocenters. The number of nitrogens with one attached hydrogen (secondary N) is 2. The van der Waals surface area contributed by atoms with Crippen LogP contribution in [0.5, 0.6) is 0 Å². The summed E-state index contributed by atoms with van der Waals surface area (Å²) in [4.78, 5) is 26.6. The minimum Gasteiger partial charge on any atom is -0.469 e. The highest BCUT2D eigenvalue weighted by molar-refractivity contribution is 5.89. The molecule has 0 bridgehead atoms. The molecular formula is C19H24N2O4.